The molecule has 7 heteroatoms. The van der Waals surface area contributed by atoms with E-state index in [0.29, 0.717) is 16.7 Å². The molecular formula is C23H19BrO6. The van der Waals surface area contributed by atoms with E-state index in [1.165, 1.54) is 24.3 Å². The van der Waals surface area contributed by atoms with Gasteiger partial charge in [-0.25, -0.2) is 0 Å². The van der Waals surface area contributed by atoms with E-state index < -0.39 is 12.2 Å². The highest BCUT2D eigenvalue weighted by atomic mass is 79.9. The van der Waals surface area contributed by atoms with Gasteiger partial charge >= 0.3 is 0 Å². The summed E-state index contributed by atoms with van der Waals surface area (Å²) in [4.78, 5) is 0. The van der Waals surface area contributed by atoms with E-state index in [0.717, 1.165) is 10.0 Å². The van der Waals surface area contributed by atoms with Crippen molar-refractivity contribution >= 4 is 28.1 Å². The maximum atomic E-state index is 10.6. The zero-order chi connectivity index (χ0) is 21.4. The minimum Gasteiger partial charge on any atom is -0.507 e. The van der Waals surface area contributed by atoms with Crippen molar-refractivity contribution in [1.29, 1.82) is 0 Å². The molecule has 1 heterocycles. The first-order valence-corrected chi connectivity index (χ1v) is 10.0. The Labute approximate surface area is 181 Å². The number of phenolic OH excluding ortho intramolecular Hbond substituents is 4. The number of fused-ring (bicyclic) bond motifs is 1. The Morgan fingerprint density at radius 3 is 2.27 bits per heavy atom. The highest BCUT2D eigenvalue weighted by Gasteiger charge is 2.34. The summed E-state index contributed by atoms with van der Waals surface area (Å²) < 4.78 is 6.95. The smallest absolute Gasteiger partial charge is 0.157 e. The molecule has 1 aliphatic heterocycles. The lowest BCUT2D eigenvalue weighted by Crippen LogP contribution is -2.30. The molecule has 0 spiro atoms. The van der Waals surface area contributed by atoms with E-state index in [1.807, 2.05) is 24.3 Å². The molecule has 30 heavy (non-hydrogen) atoms. The summed E-state index contributed by atoms with van der Waals surface area (Å²) in [5.74, 6) is -0.692. The SMILES string of the molecule is Oc1ccc(C2Oc3c(/C=C/c4ccc(Br)cc4)c(O)cc(O)c3CC2O)cc1O. The predicted octanol–water partition coefficient (Wildman–Crippen LogP) is 4.48. The van der Waals surface area contributed by atoms with Crippen LogP contribution in [0.25, 0.3) is 12.2 Å². The number of aromatic hydroxyl groups is 4. The number of hydrogen-bond acceptors (Lipinski definition) is 6. The topological polar surface area (TPSA) is 110 Å². The number of hydrogen-bond donors (Lipinski definition) is 5. The monoisotopic (exact) mass is 470 g/mol. The van der Waals surface area contributed by atoms with Gasteiger partial charge in [0.05, 0.1) is 11.7 Å². The van der Waals surface area contributed by atoms with Crippen molar-refractivity contribution in [2.75, 3.05) is 0 Å². The lowest BCUT2D eigenvalue weighted by atomic mass is 9.91. The van der Waals surface area contributed by atoms with E-state index in [4.69, 9.17) is 4.74 Å². The van der Waals surface area contributed by atoms with Gasteiger partial charge in [-0.1, -0.05) is 40.2 Å². The molecule has 0 saturated heterocycles. The Hall–Kier alpha value is -3.16. The zero-order valence-corrected chi connectivity index (χ0v) is 17.2. The van der Waals surface area contributed by atoms with Crippen molar-refractivity contribution in [1.82, 2.24) is 0 Å². The summed E-state index contributed by atoms with van der Waals surface area (Å²) in [6, 6.07) is 13.0. The lowest BCUT2D eigenvalue weighted by molar-refractivity contribution is 0.0195. The molecular weight excluding hydrogens is 452 g/mol. The number of aliphatic hydroxyl groups excluding tert-OH is 1. The van der Waals surface area contributed by atoms with Crippen LogP contribution in [0, 0.1) is 0 Å². The van der Waals surface area contributed by atoms with Gasteiger partial charge < -0.3 is 30.3 Å². The Morgan fingerprint density at radius 1 is 0.833 bits per heavy atom. The molecule has 154 valence electrons. The van der Waals surface area contributed by atoms with Crippen molar-refractivity contribution in [3.05, 3.63) is 75.3 Å². The molecule has 0 amide bonds. The van der Waals surface area contributed by atoms with Crippen LogP contribution in [0.2, 0.25) is 0 Å². The number of ether oxygens (including phenoxy) is 1. The Morgan fingerprint density at radius 2 is 1.57 bits per heavy atom. The summed E-state index contributed by atoms with van der Waals surface area (Å²) in [6.07, 6.45) is 1.71. The molecule has 1 aliphatic rings. The molecule has 4 rings (SSSR count). The van der Waals surface area contributed by atoms with Crippen molar-refractivity contribution in [3.8, 4) is 28.7 Å². The van der Waals surface area contributed by atoms with E-state index in [-0.39, 0.29) is 35.2 Å². The summed E-state index contributed by atoms with van der Waals surface area (Å²) in [5.41, 5.74) is 2.10. The Kier molecular flexibility index (Phi) is 5.32. The number of halogens is 1. The van der Waals surface area contributed by atoms with Crippen LogP contribution in [0.15, 0.2) is 53.0 Å². The van der Waals surface area contributed by atoms with Gasteiger partial charge in [0, 0.05) is 22.5 Å². The predicted molar refractivity (Wildman–Crippen MR) is 116 cm³/mol. The fourth-order valence-electron chi connectivity index (χ4n) is 3.47. The van der Waals surface area contributed by atoms with Gasteiger partial charge in [0.25, 0.3) is 0 Å². The number of rotatable bonds is 3. The molecule has 3 aromatic rings. The van der Waals surface area contributed by atoms with Gasteiger partial charge in [0.2, 0.25) is 0 Å². The third-order valence-electron chi connectivity index (χ3n) is 5.03. The number of aliphatic hydroxyl groups is 1. The second-order valence-corrected chi connectivity index (χ2v) is 7.99. The van der Waals surface area contributed by atoms with Crippen LogP contribution < -0.4 is 4.74 Å². The Balaban J connectivity index is 1.75. The summed E-state index contributed by atoms with van der Waals surface area (Å²) in [5, 5.41) is 50.6. The van der Waals surface area contributed by atoms with Crippen LogP contribution in [0.1, 0.15) is 28.4 Å². The summed E-state index contributed by atoms with van der Waals surface area (Å²) in [6.45, 7) is 0. The minimum absolute atomic E-state index is 0.0902. The summed E-state index contributed by atoms with van der Waals surface area (Å²) in [7, 11) is 0. The molecule has 2 unspecified atom stereocenters. The standard InChI is InChI=1S/C23H19BrO6/c24-14-5-1-12(2-6-14)3-7-15-18(26)11-19(27)16-10-21(29)22(30-23(15)16)13-4-8-17(25)20(28)9-13/h1-9,11,21-22,25-29H,10H2/b7-3+. The van der Waals surface area contributed by atoms with Crippen LogP contribution >= 0.6 is 15.9 Å². The average Bonchev–Trinajstić information content (AvgIpc) is 2.71. The van der Waals surface area contributed by atoms with Gasteiger partial charge in [-0.15, -0.1) is 0 Å². The van der Waals surface area contributed by atoms with Gasteiger partial charge in [0.1, 0.15) is 23.4 Å². The molecule has 0 fully saturated rings. The molecule has 6 nitrogen and oxygen atoms in total. The molecule has 0 saturated carbocycles. The van der Waals surface area contributed by atoms with Crippen LogP contribution in [0.3, 0.4) is 0 Å². The molecule has 0 bridgehead atoms. The van der Waals surface area contributed by atoms with Crippen molar-refractivity contribution < 1.29 is 30.3 Å². The van der Waals surface area contributed by atoms with Gasteiger partial charge in [0.15, 0.2) is 11.5 Å². The second-order valence-electron chi connectivity index (χ2n) is 7.08. The van der Waals surface area contributed by atoms with Crippen LogP contribution in [0.5, 0.6) is 28.7 Å². The quantitative estimate of drug-likeness (QED) is 0.285. The Bertz CT molecular complexity index is 1120. The first kappa shape index (κ1) is 20.1. The zero-order valence-electron chi connectivity index (χ0n) is 15.7. The fourth-order valence-corrected chi connectivity index (χ4v) is 3.73. The second kappa shape index (κ2) is 7.93. The minimum atomic E-state index is -1.000. The van der Waals surface area contributed by atoms with Crippen LogP contribution in [0.4, 0.5) is 0 Å². The highest BCUT2D eigenvalue weighted by Crippen LogP contribution is 2.46. The van der Waals surface area contributed by atoms with Gasteiger partial charge in [-0.2, -0.15) is 0 Å². The first-order chi connectivity index (χ1) is 14.3. The van der Waals surface area contributed by atoms with E-state index in [9.17, 15) is 25.5 Å². The van der Waals surface area contributed by atoms with Crippen LogP contribution in [-0.2, 0) is 6.42 Å². The van der Waals surface area contributed by atoms with Gasteiger partial charge in [-0.05, 0) is 41.5 Å². The normalized spacial score (nSPS) is 18.2. The molecule has 3 aromatic carbocycles. The van der Waals surface area contributed by atoms with E-state index in [1.54, 1.807) is 12.2 Å². The van der Waals surface area contributed by atoms with Gasteiger partial charge in [-0.3, -0.25) is 0 Å². The first-order valence-electron chi connectivity index (χ1n) is 9.21. The number of phenols is 4. The van der Waals surface area contributed by atoms with Crippen molar-refractivity contribution in [2.24, 2.45) is 0 Å². The third kappa shape index (κ3) is 3.81. The molecule has 0 radical (unpaired) electrons. The molecule has 0 aromatic heterocycles. The lowest BCUT2D eigenvalue weighted by Gasteiger charge is -2.32. The average molecular weight is 471 g/mol. The van der Waals surface area contributed by atoms with Crippen LogP contribution in [-0.4, -0.2) is 31.6 Å². The maximum Gasteiger partial charge on any atom is 0.157 e. The van der Waals surface area contributed by atoms with Crippen molar-refractivity contribution in [3.63, 3.8) is 0 Å². The third-order valence-corrected chi connectivity index (χ3v) is 5.55. The largest absolute Gasteiger partial charge is 0.507 e. The van der Waals surface area contributed by atoms with E-state index in [2.05, 4.69) is 15.9 Å². The molecule has 5 N–H and O–H groups in total. The highest BCUT2D eigenvalue weighted by molar-refractivity contribution is 9.10. The molecule has 2 atom stereocenters. The maximum absolute atomic E-state index is 10.6. The summed E-state index contributed by atoms with van der Waals surface area (Å²) >= 11 is 3.39. The fraction of sp³-hybridized carbons (Fsp3) is 0.130. The van der Waals surface area contributed by atoms with Crippen molar-refractivity contribution in [2.45, 2.75) is 18.6 Å². The van der Waals surface area contributed by atoms with E-state index >= 15 is 0 Å². The molecule has 0 aliphatic carbocycles. The number of benzene rings is 3.